The van der Waals surface area contributed by atoms with E-state index in [0.717, 1.165) is 16.8 Å². The highest BCUT2D eigenvalue weighted by Gasteiger charge is 2.33. The summed E-state index contributed by atoms with van der Waals surface area (Å²) < 4.78 is 18.8. The number of benzene rings is 2. The van der Waals surface area contributed by atoms with Gasteiger partial charge in [-0.15, -0.1) is 0 Å². The van der Waals surface area contributed by atoms with Crippen LogP contribution in [-0.4, -0.2) is 41.6 Å². The molecule has 1 aliphatic rings. The monoisotopic (exact) mass is 414 g/mol. The van der Waals surface area contributed by atoms with Gasteiger partial charge in [0.05, 0.1) is 5.02 Å². The van der Waals surface area contributed by atoms with Crippen LogP contribution in [0.25, 0.3) is 11.5 Å². The number of hydrogen-bond donors (Lipinski definition) is 0. The molecule has 150 valence electrons. The first-order valence-electron chi connectivity index (χ1n) is 9.24. The third kappa shape index (κ3) is 4.10. The Hall–Kier alpha value is -2.93. The highest BCUT2D eigenvalue weighted by Crippen LogP contribution is 2.30. The zero-order valence-corrected chi connectivity index (χ0v) is 16.9. The second-order valence-corrected chi connectivity index (χ2v) is 7.73. The molecule has 0 spiro atoms. The smallest absolute Gasteiger partial charge is 0.258 e. The standard InChI is InChI=1S/C21H20ClFN4O2/c1-26(2)16-5-3-4-14(9-16)21-24-20(25-29-21)15-10-19(28)27(12-15)11-13-6-7-18(23)17(22)8-13/h3-9,15H,10-12H2,1-2H3. The fourth-order valence-electron chi connectivity index (χ4n) is 3.39. The van der Waals surface area contributed by atoms with Crippen LogP contribution in [0.3, 0.4) is 0 Å². The summed E-state index contributed by atoms with van der Waals surface area (Å²) in [5.41, 5.74) is 2.64. The van der Waals surface area contributed by atoms with Gasteiger partial charge in [-0.1, -0.05) is 28.9 Å². The molecule has 4 rings (SSSR count). The van der Waals surface area contributed by atoms with E-state index in [2.05, 4.69) is 10.1 Å². The van der Waals surface area contributed by atoms with E-state index < -0.39 is 5.82 Å². The SMILES string of the molecule is CN(C)c1cccc(-c2nc(C3CC(=O)N(Cc4ccc(F)c(Cl)c4)C3)no2)c1. The second kappa shape index (κ2) is 7.83. The van der Waals surface area contributed by atoms with Gasteiger partial charge in [-0.3, -0.25) is 4.79 Å². The largest absolute Gasteiger partial charge is 0.378 e. The minimum absolute atomic E-state index is 0.00333. The molecule has 0 bridgehead atoms. The Morgan fingerprint density at radius 1 is 1.28 bits per heavy atom. The average molecular weight is 415 g/mol. The Kier molecular flexibility index (Phi) is 5.24. The minimum Gasteiger partial charge on any atom is -0.378 e. The zero-order chi connectivity index (χ0) is 20.5. The third-order valence-corrected chi connectivity index (χ3v) is 5.28. The number of anilines is 1. The summed E-state index contributed by atoms with van der Waals surface area (Å²) in [6.45, 7) is 0.843. The number of carbonyl (C=O) groups excluding carboxylic acids is 1. The van der Waals surface area contributed by atoms with Crippen molar-refractivity contribution in [2.24, 2.45) is 0 Å². The van der Waals surface area contributed by atoms with Gasteiger partial charge in [-0.25, -0.2) is 4.39 Å². The first kappa shape index (κ1) is 19.4. The molecular weight excluding hydrogens is 395 g/mol. The van der Waals surface area contributed by atoms with Gasteiger partial charge in [-0.05, 0) is 35.9 Å². The number of likely N-dealkylation sites (tertiary alicyclic amines) is 1. The zero-order valence-electron chi connectivity index (χ0n) is 16.1. The van der Waals surface area contributed by atoms with E-state index >= 15 is 0 Å². The predicted octanol–water partition coefficient (Wildman–Crippen LogP) is 4.11. The first-order chi connectivity index (χ1) is 13.9. The summed E-state index contributed by atoms with van der Waals surface area (Å²) in [5, 5.41) is 4.15. The Labute approximate surface area is 172 Å². The van der Waals surface area contributed by atoms with Crippen molar-refractivity contribution in [2.45, 2.75) is 18.9 Å². The topological polar surface area (TPSA) is 62.5 Å². The van der Waals surface area contributed by atoms with Crippen LogP contribution in [0.5, 0.6) is 0 Å². The van der Waals surface area contributed by atoms with Crippen molar-refractivity contribution in [3.8, 4) is 11.5 Å². The lowest BCUT2D eigenvalue weighted by Gasteiger charge is -2.16. The van der Waals surface area contributed by atoms with Gasteiger partial charge in [0.1, 0.15) is 5.82 Å². The lowest BCUT2D eigenvalue weighted by Crippen LogP contribution is -2.24. The Bertz CT molecular complexity index is 1050. The summed E-state index contributed by atoms with van der Waals surface area (Å²) in [6.07, 6.45) is 0.311. The maximum absolute atomic E-state index is 13.3. The molecule has 1 fully saturated rings. The minimum atomic E-state index is -0.473. The molecule has 1 unspecified atom stereocenters. The molecule has 29 heavy (non-hydrogen) atoms. The highest BCUT2D eigenvalue weighted by atomic mass is 35.5. The van der Waals surface area contributed by atoms with Crippen molar-refractivity contribution in [2.75, 3.05) is 25.5 Å². The number of rotatable bonds is 5. The molecule has 0 saturated carbocycles. The van der Waals surface area contributed by atoms with Crippen LogP contribution in [0.15, 0.2) is 47.0 Å². The van der Waals surface area contributed by atoms with Crippen LogP contribution in [0.2, 0.25) is 5.02 Å². The van der Waals surface area contributed by atoms with Gasteiger partial charge in [0.15, 0.2) is 5.82 Å². The quantitative estimate of drug-likeness (QED) is 0.628. The molecule has 1 aliphatic heterocycles. The van der Waals surface area contributed by atoms with Crippen molar-refractivity contribution in [1.82, 2.24) is 15.0 Å². The summed E-state index contributed by atoms with van der Waals surface area (Å²) in [4.78, 5) is 20.7. The second-order valence-electron chi connectivity index (χ2n) is 7.33. The van der Waals surface area contributed by atoms with Crippen molar-refractivity contribution in [3.63, 3.8) is 0 Å². The van der Waals surface area contributed by atoms with Crippen molar-refractivity contribution in [1.29, 1.82) is 0 Å². The van der Waals surface area contributed by atoms with Gasteiger partial charge >= 0.3 is 0 Å². The van der Waals surface area contributed by atoms with Gasteiger partial charge < -0.3 is 14.3 Å². The molecular formula is C21H20ClFN4O2. The number of amides is 1. The van der Waals surface area contributed by atoms with Crippen LogP contribution >= 0.6 is 11.6 Å². The Balaban J connectivity index is 1.48. The van der Waals surface area contributed by atoms with E-state index in [1.54, 1.807) is 17.0 Å². The fraction of sp³-hybridized carbons (Fsp3) is 0.286. The molecule has 2 aromatic carbocycles. The highest BCUT2D eigenvalue weighted by molar-refractivity contribution is 6.30. The van der Waals surface area contributed by atoms with Crippen molar-refractivity contribution >= 4 is 23.2 Å². The molecule has 0 radical (unpaired) electrons. The first-order valence-corrected chi connectivity index (χ1v) is 9.61. The van der Waals surface area contributed by atoms with Crippen LogP contribution in [-0.2, 0) is 11.3 Å². The van der Waals surface area contributed by atoms with E-state index in [1.807, 2.05) is 43.3 Å². The van der Waals surface area contributed by atoms with E-state index in [4.69, 9.17) is 16.1 Å². The van der Waals surface area contributed by atoms with Gasteiger partial charge in [0.2, 0.25) is 5.91 Å². The van der Waals surface area contributed by atoms with Crippen LogP contribution in [0, 0.1) is 5.82 Å². The summed E-state index contributed by atoms with van der Waals surface area (Å²) in [5.74, 6) is 0.325. The van der Waals surface area contributed by atoms with Crippen molar-refractivity contribution < 1.29 is 13.7 Å². The molecule has 6 nitrogen and oxygen atoms in total. The molecule has 1 aromatic heterocycles. The van der Waals surface area contributed by atoms with E-state index in [1.165, 1.54) is 6.07 Å². The molecule has 0 N–H and O–H groups in total. The summed E-state index contributed by atoms with van der Waals surface area (Å²) in [6, 6.07) is 12.3. The van der Waals surface area contributed by atoms with Crippen LogP contribution in [0.1, 0.15) is 23.7 Å². The van der Waals surface area contributed by atoms with E-state index in [-0.39, 0.29) is 16.8 Å². The Morgan fingerprint density at radius 2 is 2.10 bits per heavy atom. The van der Waals surface area contributed by atoms with Gasteiger partial charge in [0, 0.05) is 50.8 Å². The molecule has 1 amide bonds. The predicted molar refractivity (Wildman–Crippen MR) is 108 cm³/mol. The maximum Gasteiger partial charge on any atom is 0.258 e. The fourth-order valence-corrected chi connectivity index (χ4v) is 3.59. The normalized spacial score (nSPS) is 16.5. The van der Waals surface area contributed by atoms with Crippen LogP contribution in [0.4, 0.5) is 10.1 Å². The number of carbonyl (C=O) groups is 1. The van der Waals surface area contributed by atoms with Gasteiger partial charge in [-0.2, -0.15) is 4.98 Å². The average Bonchev–Trinajstić information content (AvgIpc) is 3.32. The van der Waals surface area contributed by atoms with Gasteiger partial charge in [0.25, 0.3) is 5.89 Å². The molecule has 8 heteroatoms. The van der Waals surface area contributed by atoms with Crippen molar-refractivity contribution in [3.05, 3.63) is 64.7 Å². The van der Waals surface area contributed by atoms with E-state index in [9.17, 15) is 9.18 Å². The number of aromatic nitrogens is 2. The number of nitrogens with zero attached hydrogens (tertiary/aromatic N) is 4. The van der Waals surface area contributed by atoms with Crippen LogP contribution < -0.4 is 4.90 Å². The third-order valence-electron chi connectivity index (χ3n) is 4.99. The molecule has 1 atom stereocenters. The Morgan fingerprint density at radius 3 is 2.86 bits per heavy atom. The lowest BCUT2D eigenvalue weighted by molar-refractivity contribution is -0.128. The number of halogens is 2. The molecule has 3 aromatic rings. The molecule has 2 heterocycles. The lowest BCUT2D eigenvalue weighted by atomic mass is 10.1. The summed E-state index contributed by atoms with van der Waals surface area (Å²) in [7, 11) is 3.93. The molecule has 1 saturated heterocycles. The maximum atomic E-state index is 13.3. The number of hydrogen-bond acceptors (Lipinski definition) is 5. The van der Waals surface area contributed by atoms with E-state index in [0.29, 0.717) is 31.2 Å². The summed E-state index contributed by atoms with van der Waals surface area (Å²) >= 11 is 5.84. The molecule has 0 aliphatic carbocycles.